The summed E-state index contributed by atoms with van der Waals surface area (Å²) in [6, 6.07) is 7.56. The van der Waals surface area contributed by atoms with E-state index in [1.165, 1.54) is 12.8 Å². The smallest absolute Gasteiger partial charge is 0.126 e. The molecule has 1 N–H and O–H groups in total. The maximum atomic E-state index is 13.4. The summed E-state index contributed by atoms with van der Waals surface area (Å²) in [5, 5.41) is 3.47. The van der Waals surface area contributed by atoms with Crippen LogP contribution in [0.1, 0.15) is 25.3 Å². The van der Waals surface area contributed by atoms with Gasteiger partial charge in [0.25, 0.3) is 0 Å². The second kappa shape index (κ2) is 4.75. The minimum Gasteiger partial charge on any atom is -0.313 e. The van der Waals surface area contributed by atoms with Crippen molar-refractivity contribution in [1.82, 2.24) is 5.32 Å². The predicted octanol–water partition coefficient (Wildman–Crippen LogP) is 2.76. The standard InChI is InChI=1S/C13H18FN/c1-2-10-7-8-15-13(10)9-11-5-3-4-6-12(11)14/h3-6,10,13,15H,2,7-9H2,1H3/t10-,13-/m1/s1. The third-order valence-corrected chi connectivity index (χ3v) is 3.41. The molecule has 0 amide bonds. The molecule has 1 heterocycles. The highest BCUT2D eigenvalue weighted by Gasteiger charge is 2.25. The van der Waals surface area contributed by atoms with Crippen molar-refractivity contribution >= 4 is 0 Å². The summed E-state index contributed by atoms with van der Waals surface area (Å²) in [4.78, 5) is 0. The number of hydrogen-bond acceptors (Lipinski definition) is 1. The van der Waals surface area contributed by atoms with Crippen LogP contribution in [0.5, 0.6) is 0 Å². The summed E-state index contributed by atoms with van der Waals surface area (Å²) >= 11 is 0. The van der Waals surface area contributed by atoms with Crippen molar-refractivity contribution in [2.75, 3.05) is 6.54 Å². The van der Waals surface area contributed by atoms with Gasteiger partial charge in [0.2, 0.25) is 0 Å². The number of benzene rings is 1. The van der Waals surface area contributed by atoms with E-state index in [9.17, 15) is 4.39 Å². The average Bonchev–Trinajstić information content (AvgIpc) is 2.69. The predicted molar refractivity (Wildman–Crippen MR) is 60.3 cm³/mol. The van der Waals surface area contributed by atoms with E-state index >= 15 is 0 Å². The lowest BCUT2D eigenvalue weighted by molar-refractivity contribution is 0.427. The van der Waals surface area contributed by atoms with Crippen molar-refractivity contribution < 1.29 is 4.39 Å². The summed E-state index contributed by atoms with van der Waals surface area (Å²) in [5.74, 6) is 0.644. The van der Waals surface area contributed by atoms with Crippen molar-refractivity contribution in [1.29, 1.82) is 0 Å². The van der Waals surface area contributed by atoms with E-state index in [0.717, 1.165) is 18.5 Å². The molecule has 0 radical (unpaired) electrons. The van der Waals surface area contributed by atoms with Crippen LogP contribution in [-0.2, 0) is 6.42 Å². The first kappa shape index (κ1) is 10.6. The normalized spacial score (nSPS) is 25.7. The van der Waals surface area contributed by atoms with E-state index in [4.69, 9.17) is 0 Å². The summed E-state index contributed by atoms with van der Waals surface area (Å²) < 4.78 is 13.4. The second-order valence-electron chi connectivity index (χ2n) is 4.31. The van der Waals surface area contributed by atoms with E-state index in [1.54, 1.807) is 12.1 Å². The van der Waals surface area contributed by atoms with E-state index in [2.05, 4.69) is 12.2 Å². The Bertz CT molecular complexity index is 324. The lowest BCUT2D eigenvalue weighted by atomic mass is 9.92. The second-order valence-corrected chi connectivity index (χ2v) is 4.31. The van der Waals surface area contributed by atoms with Crippen LogP contribution in [0.3, 0.4) is 0 Å². The van der Waals surface area contributed by atoms with Crippen LogP contribution in [-0.4, -0.2) is 12.6 Å². The molecule has 1 saturated heterocycles. The van der Waals surface area contributed by atoms with Crippen molar-refractivity contribution in [3.05, 3.63) is 35.6 Å². The Labute approximate surface area is 90.7 Å². The minimum atomic E-state index is -0.0685. The highest BCUT2D eigenvalue weighted by Crippen LogP contribution is 2.22. The average molecular weight is 207 g/mol. The zero-order valence-electron chi connectivity index (χ0n) is 9.17. The van der Waals surface area contributed by atoms with Crippen molar-refractivity contribution in [2.45, 2.75) is 32.2 Å². The van der Waals surface area contributed by atoms with Crippen LogP contribution in [0.25, 0.3) is 0 Å². The van der Waals surface area contributed by atoms with Gasteiger partial charge in [-0.25, -0.2) is 4.39 Å². The van der Waals surface area contributed by atoms with Gasteiger partial charge < -0.3 is 5.32 Å². The topological polar surface area (TPSA) is 12.0 Å². The van der Waals surface area contributed by atoms with Crippen LogP contribution in [0.4, 0.5) is 4.39 Å². The van der Waals surface area contributed by atoms with Crippen molar-refractivity contribution in [3.63, 3.8) is 0 Å². The molecule has 1 aliphatic heterocycles. The van der Waals surface area contributed by atoms with E-state index in [1.807, 2.05) is 12.1 Å². The molecule has 1 aromatic carbocycles. The molecule has 2 atom stereocenters. The van der Waals surface area contributed by atoms with Crippen LogP contribution < -0.4 is 5.32 Å². The van der Waals surface area contributed by atoms with E-state index in [-0.39, 0.29) is 5.82 Å². The summed E-state index contributed by atoms with van der Waals surface area (Å²) in [6.45, 7) is 3.30. The van der Waals surface area contributed by atoms with Crippen LogP contribution in [0.15, 0.2) is 24.3 Å². The molecule has 1 nitrogen and oxygen atoms in total. The highest BCUT2D eigenvalue weighted by molar-refractivity contribution is 5.19. The maximum Gasteiger partial charge on any atom is 0.126 e. The SMILES string of the molecule is CC[C@@H]1CCN[C@@H]1Cc1ccccc1F. The number of nitrogens with one attached hydrogen (secondary N) is 1. The number of halogens is 1. The Kier molecular flexibility index (Phi) is 3.37. The van der Waals surface area contributed by atoms with Gasteiger partial charge in [-0.05, 0) is 36.9 Å². The molecule has 0 aliphatic carbocycles. The van der Waals surface area contributed by atoms with Gasteiger partial charge in [0.15, 0.2) is 0 Å². The molecule has 0 bridgehead atoms. The zero-order chi connectivity index (χ0) is 10.7. The molecular weight excluding hydrogens is 189 g/mol. The van der Waals surface area contributed by atoms with E-state index in [0.29, 0.717) is 12.0 Å². The molecule has 0 aromatic heterocycles. The lowest BCUT2D eigenvalue weighted by Gasteiger charge is -2.18. The van der Waals surface area contributed by atoms with Gasteiger partial charge in [-0.3, -0.25) is 0 Å². The quantitative estimate of drug-likeness (QED) is 0.803. The molecule has 1 aliphatic rings. The number of hydrogen-bond donors (Lipinski definition) is 1. The van der Waals surface area contributed by atoms with Crippen molar-refractivity contribution in [3.8, 4) is 0 Å². The highest BCUT2D eigenvalue weighted by atomic mass is 19.1. The number of rotatable bonds is 3. The van der Waals surface area contributed by atoms with Crippen LogP contribution in [0, 0.1) is 11.7 Å². The van der Waals surface area contributed by atoms with Gasteiger partial charge in [0, 0.05) is 6.04 Å². The molecule has 1 fully saturated rings. The summed E-state index contributed by atoms with van der Waals surface area (Å²) in [5.41, 5.74) is 0.843. The van der Waals surface area contributed by atoms with E-state index < -0.39 is 0 Å². The molecule has 15 heavy (non-hydrogen) atoms. The van der Waals surface area contributed by atoms with Gasteiger partial charge in [-0.15, -0.1) is 0 Å². The lowest BCUT2D eigenvalue weighted by Crippen LogP contribution is -2.29. The fourth-order valence-electron chi connectivity index (χ4n) is 2.45. The summed E-state index contributed by atoms with van der Waals surface area (Å²) in [7, 11) is 0. The summed E-state index contributed by atoms with van der Waals surface area (Å²) in [6.07, 6.45) is 3.24. The first-order chi connectivity index (χ1) is 7.31. The molecule has 2 heteroatoms. The Morgan fingerprint density at radius 3 is 2.93 bits per heavy atom. The minimum absolute atomic E-state index is 0.0685. The van der Waals surface area contributed by atoms with Gasteiger partial charge in [-0.2, -0.15) is 0 Å². The largest absolute Gasteiger partial charge is 0.313 e. The first-order valence-electron chi connectivity index (χ1n) is 5.78. The Morgan fingerprint density at radius 1 is 1.40 bits per heavy atom. The Balaban J connectivity index is 2.05. The molecule has 0 unspecified atom stereocenters. The zero-order valence-corrected chi connectivity index (χ0v) is 9.17. The van der Waals surface area contributed by atoms with Crippen LogP contribution >= 0.6 is 0 Å². The van der Waals surface area contributed by atoms with Gasteiger partial charge in [-0.1, -0.05) is 31.5 Å². The molecular formula is C13H18FN. The fourth-order valence-corrected chi connectivity index (χ4v) is 2.45. The third kappa shape index (κ3) is 2.37. The third-order valence-electron chi connectivity index (χ3n) is 3.41. The monoisotopic (exact) mass is 207 g/mol. The molecule has 2 rings (SSSR count). The van der Waals surface area contributed by atoms with Gasteiger partial charge in [0.05, 0.1) is 0 Å². The van der Waals surface area contributed by atoms with Crippen molar-refractivity contribution in [2.24, 2.45) is 5.92 Å². The fraction of sp³-hybridized carbons (Fsp3) is 0.538. The molecule has 0 saturated carbocycles. The first-order valence-corrected chi connectivity index (χ1v) is 5.78. The molecule has 82 valence electrons. The molecule has 1 aromatic rings. The molecule has 0 spiro atoms. The Hall–Kier alpha value is -0.890. The van der Waals surface area contributed by atoms with Crippen LogP contribution in [0.2, 0.25) is 0 Å². The maximum absolute atomic E-state index is 13.4. The van der Waals surface area contributed by atoms with Gasteiger partial charge in [0.1, 0.15) is 5.82 Å². The Morgan fingerprint density at radius 2 is 2.20 bits per heavy atom. The van der Waals surface area contributed by atoms with Gasteiger partial charge >= 0.3 is 0 Å².